The summed E-state index contributed by atoms with van der Waals surface area (Å²) >= 11 is 0. The Morgan fingerprint density at radius 2 is 2.33 bits per heavy atom. The van der Waals surface area contributed by atoms with Crippen molar-refractivity contribution in [2.75, 3.05) is 0 Å². The van der Waals surface area contributed by atoms with Gasteiger partial charge in [0, 0.05) is 5.57 Å². The summed E-state index contributed by atoms with van der Waals surface area (Å²) in [5, 5.41) is 0. The highest BCUT2D eigenvalue weighted by molar-refractivity contribution is 5.42. The van der Waals surface area contributed by atoms with Crippen molar-refractivity contribution in [3.8, 4) is 23.7 Å². The molecule has 0 amide bonds. The number of hydrogen-bond donors (Lipinski definition) is 0. The summed E-state index contributed by atoms with van der Waals surface area (Å²) in [4.78, 5) is 0. The van der Waals surface area contributed by atoms with E-state index < -0.39 is 0 Å². The van der Waals surface area contributed by atoms with Crippen LogP contribution in [0.5, 0.6) is 0 Å². The SMILES string of the molecule is C1#C/C=C\CC2CCC=C2C#C1. The van der Waals surface area contributed by atoms with Gasteiger partial charge in [-0.25, -0.2) is 0 Å². The second-order valence-corrected chi connectivity index (χ2v) is 3.09. The van der Waals surface area contributed by atoms with E-state index in [-0.39, 0.29) is 0 Å². The van der Waals surface area contributed by atoms with Crippen molar-refractivity contribution in [2.45, 2.75) is 19.3 Å². The highest BCUT2D eigenvalue weighted by Crippen LogP contribution is 2.28. The zero-order chi connectivity index (χ0) is 8.23. The average Bonchev–Trinajstić information content (AvgIpc) is 2.50. The first-order valence-electron chi connectivity index (χ1n) is 4.33. The summed E-state index contributed by atoms with van der Waals surface area (Å²) in [6, 6.07) is 0. The van der Waals surface area contributed by atoms with Crippen molar-refractivity contribution in [3.63, 3.8) is 0 Å². The molecule has 0 bridgehead atoms. The van der Waals surface area contributed by atoms with Gasteiger partial charge in [0.1, 0.15) is 0 Å². The first-order valence-corrected chi connectivity index (χ1v) is 4.33. The van der Waals surface area contributed by atoms with Gasteiger partial charge >= 0.3 is 0 Å². The molecule has 2 rings (SSSR count). The topological polar surface area (TPSA) is 0 Å². The maximum Gasteiger partial charge on any atom is 0.00249 e. The lowest BCUT2D eigenvalue weighted by Crippen LogP contribution is -1.95. The first-order chi connectivity index (χ1) is 5.97. The van der Waals surface area contributed by atoms with E-state index in [4.69, 9.17) is 0 Å². The van der Waals surface area contributed by atoms with E-state index in [1.54, 1.807) is 0 Å². The standard InChI is InChI=1S/C12H10/c1-2-4-7-11-9-6-10-12(11)8-5-3-1/h2,4,10-11H,6-7,9H2/b4-2-. The molecule has 0 saturated carbocycles. The van der Waals surface area contributed by atoms with Crippen LogP contribution in [0, 0.1) is 29.6 Å². The predicted octanol–water partition coefficient (Wildman–Crippen LogP) is 2.29. The minimum atomic E-state index is 0.662. The van der Waals surface area contributed by atoms with E-state index in [2.05, 4.69) is 35.8 Å². The molecule has 0 radical (unpaired) electrons. The number of rotatable bonds is 0. The Morgan fingerprint density at radius 1 is 1.33 bits per heavy atom. The van der Waals surface area contributed by atoms with E-state index in [9.17, 15) is 0 Å². The molecule has 0 nitrogen and oxygen atoms in total. The number of allylic oxidation sites excluding steroid dienone is 4. The van der Waals surface area contributed by atoms with Gasteiger partial charge in [-0.15, -0.1) is 0 Å². The third kappa shape index (κ3) is 1.44. The van der Waals surface area contributed by atoms with Crippen molar-refractivity contribution in [2.24, 2.45) is 5.92 Å². The Labute approximate surface area is 73.4 Å². The molecule has 0 aromatic carbocycles. The van der Waals surface area contributed by atoms with Gasteiger partial charge in [0.2, 0.25) is 0 Å². The van der Waals surface area contributed by atoms with E-state index in [0.29, 0.717) is 5.92 Å². The fourth-order valence-corrected chi connectivity index (χ4v) is 1.63. The monoisotopic (exact) mass is 154 g/mol. The maximum absolute atomic E-state index is 3.12. The first kappa shape index (κ1) is 7.26. The van der Waals surface area contributed by atoms with Gasteiger partial charge in [-0.1, -0.05) is 24.0 Å². The molecule has 0 aliphatic heterocycles. The summed E-state index contributed by atoms with van der Waals surface area (Å²) in [5.74, 6) is 12.3. The Kier molecular flexibility index (Phi) is 2.02. The molecular weight excluding hydrogens is 144 g/mol. The van der Waals surface area contributed by atoms with Gasteiger partial charge in [0.15, 0.2) is 0 Å². The summed E-state index contributed by atoms with van der Waals surface area (Å²) < 4.78 is 0. The van der Waals surface area contributed by atoms with Gasteiger partial charge in [-0.3, -0.25) is 0 Å². The summed E-state index contributed by atoms with van der Waals surface area (Å²) in [7, 11) is 0. The van der Waals surface area contributed by atoms with Gasteiger partial charge in [0.25, 0.3) is 0 Å². The van der Waals surface area contributed by atoms with E-state index in [0.717, 1.165) is 6.42 Å². The van der Waals surface area contributed by atoms with E-state index >= 15 is 0 Å². The number of hydrogen-bond acceptors (Lipinski definition) is 0. The predicted molar refractivity (Wildman–Crippen MR) is 50.1 cm³/mol. The van der Waals surface area contributed by atoms with Gasteiger partial charge < -0.3 is 0 Å². The second-order valence-electron chi connectivity index (χ2n) is 3.09. The molecule has 0 saturated heterocycles. The van der Waals surface area contributed by atoms with Crippen LogP contribution in [0.25, 0.3) is 0 Å². The summed E-state index contributed by atoms with van der Waals surface area (Å²) in [6.07, 6.45) is 9.86. The van der Waals surface area contributed by atoms with Crippen LogP contribution >= 0.6 is 0 Å². The zero-order valence-corrected chi connectivity index (χ0v) is 6.93. The van der Waals surface area contributed by atoms with Crippen LogP contribution in [-0.4, -0.2) is 0 Å². The molecule has 0 N–H and O–H groups in total. The van der Waals surface area contributed by atoms with Crippen molar-refractivity contribution in [1.82, 2.24) is 0 Å². The number of fused-ring (bicyclic) bond motifs is 1. The molecule has 0 spiro atoms. The smallest absolute Gasteiger partial charge is 0.00249 e. The van der Waals surface area contributed by atoms with Crippen LogP contribution in [0.2, 0.25) is 0 Å². The quantitative estimate of drug-likeness (QED) is 0.470. The molecule has 0 fully saturated rings. The Bertz CT molecular complexity index is 347. The van der Waals surface area contributed by atoms with Crippen LogP contribution in [0.4, 0.5) is 0 Å². The lowest BCUT2D eigenvalue weighted by molar-refractivity contribution is 0.628. The third-order valence-corrected chi connectivity index (χ3v) is 2.28. The highest BCUT2D eigenvalue weighted by Gasteiger charge is 2.15. The highest BCUT2D eigenvalue weighted by atomic mass is 14.2. The zero-order valence-electron chi connectivity index (χ0n) is 6.93. The fourth-order valence-electron chi connectivity index (χ4n) is 1.63. The van der Waals surface area contributed by atoms with Crippen LogP contribution in [-0.2, 0) is 0 Å². The molecule has 1 atom stereocenters. The second kappa shape index (κ2) is 3.33. The molecule has 0 heteroatoms. The molecule has 2 aliphatic rings. The third-order valence-electron chi connectivity index (χ3n) is 2.28. The minimum Gasteiger partial charge on any atom is -0.0755 e. The van der Waals surface area contributed by atoms with Crippen LogP contribution < -0.4 is 0 Å². The van der Waals surface area contributed by atoms with E-state index in [1.165, 1.54) is 18.4 Å². The van der Waals surface area contributed by atoms with Crippen molar-refractivity contribution in [1.29, 1.82) is 0 Å². The summed E-state index contributed by atoms with van der Waals surface area (Å²) in [5.41, 5.74) is 1.30. The van der Waals surface area contributed by atoms with Crippen molar-refractivity contribution >= 4 is 0 Å². The molecule has 1 unspecified atom stereocenters. The molecule has 0 heterocycles. The van der Waals surface area contributed by atoms with Gasteiger partial charge in [0.05, 0.1) is 0 Å². The lowest BCUT2D eigenvalue weighted by Gasteiger charge is -2.05. The van der Waals surface area contributed by atoms with Gasteiger partial charge in [-0.2, -0.15) is 0 Å². The molecular formula is C12H10. The average molecular weight is 154 g/mol. The van der Waals surface area contributed by atoms with E-state index in [1.807, 2.05) is 6.08 Å². The molecule has 0 aromatic heterocycles. The fraction of sp³-hybridized carbons (Fsp3) is 0.333. The largest absolute Gasteiger partial charge is 0.0755 e. The molecule has 12 heavy (non-hydrogen) atoms. The van der Waals surface area contributed by atoms with Gasteiger partial charge in [-0.05, 0) is 43.1 Å². The van der Waals surface area contributed by atoms with Crippen LogP contribution in [0.15, 0.2) is 23.8 Å². The normalized spacial score (nSPS) is 27.3. The molecule has 58 valence electrons. The van der Waals surface area contributed by atoms with Crippen LogP contribution in [0.3, 0.4) is 0 Å². The van der Waals surface area contributed by atoms with Crippen molar-refractivity contribution in [3.05, 3.63) is 23.8 Å². The molecule has 0 aromatic rings. The summed E-state index contributed by atoms with van der Waals surface area (Å²) in [6.45, 7) is 0. The van der Waals surface area contributed by atoms with Crippen molar-refractivity contribution < 1.29 is 0 Å². The molecule has 2 aliphatic carbocycles. The Morgan fingerprint density at radius 3 is 3.33 bits per heavy atom. The minimum absolute atomic E-state index is 0.662. The maximum atomic E-state index is 3.12. The lowest BCUT2D eigenvalue weighted by atomic mass is 9.98. The Balaban J connectivity index is 2.29. The van der Waals surface area contributed by atoms with Crippen LogP contribution in [0.1, 0.15) is 19.3 Å². The Hall–Kier alpha value is -1.40.